The van der Waals surface area contributed by atoms with E-state index < -0.39 is 5.82 Å². The van der Waals surface area contributed by atoms with E-state index in [4.69, 9.17) is 9.47 Å². The predicted molar refractivity (Wildman–Crippen MR) is 103 cm³/mol. The zero-order chi connectivity index (χ0) is 19.9. The summed E-state index contributed by atoms with van der Waals surface area (Å²) in [5, 5.41) is 2.54. The molecule has 0 aromatic heterocycles. The molecule has 6 nitrogen and oxygen atoms in total. The van der Waals surface area contributed by atoms with E-state index in [-0.39, 0.29) is 43.1 Å². The number of nitrogens with one attached hydrogen (secondary N) is 1. The molecular formula is C21H23FN2O4. The van der Waals surface area contributed by atoms with Gasteiger partial charge in [0.05, 0.1) is 12.8 Å². The fourth-order valence-corrected chi connectivity index (χ4v) is 2.85. The summed E-state index contributed by atoms with van der Waals surface area (Å²) < 4.78 is 24.4. The highest BCUT2D eigenvalue weighted by molar-refractivity contribution is 5.91. The highest BCUT2D eigenvalue weighted by Gasteiger charge is 2.32. The van der Waals surface area contributed by atoms with E-state index in [1.54, 1.807) is 35.2 Å². The van der Waals surface area contributed by atoms with Crippen LogP contribution in [0.2, 0.25) is 0 Å². The Morgan fingerprint density at radius 3 is 2.46 bits per heavy atom. The summed E-state index contributed by atoms with van der Waals surface area (Å²) in [7, 11) is 1.54. The molecule has 2 aromatic rings. The SMILES string of the molecule is COc1ccccc1OCC(=O)N(CCC(=O)Nc1ccccc1F)C1CC1. The molecule has 0 spiro atoms. The monoisotopic (exact) mass is 386 g/mol. The molecule has 7 heteroatoms. The van der Waals surface area contributed by atoms with Crippen LogP contribution in [0.15, 0.2) is 48.5 Å². The minimum absolute atomic E-state index is 0.0885. The summed E-state index contributed by atoms with van der Waals surface area (Å²) in [6.45, 7) is 0.130. The van der Waals surface area contributed by atoms with Gasteiger partial charge in [-0.3, -0.25) is 9.59 Å². The Hall–Kier alpha value is -3.09. The lowest BCUT2D eigenvalue weighted by atomic mass is 10.3. The Balaban J connectivity index is 1.52. The lowest BCUT2D eigenvalue weighted by Crippen LogP contribution is -2.38. The summed E-state index contributed by atoms with van der Waals surface area (Å²) in [5.74, 6) is 0.0291. The van der Waals surface area contributed by atoms with Crippen molar-refractivity contribution in [3.05, 3.63) is 54.3 Å². The molecular weight excluding hydrogens is 363 g/mol. The van der Waals surface area contributed by atoms with E-state index in [1.165, 1.54) is 19.2 Å². The number of ether oxygens (including phenoxy) is 2. The first-order valence-corrected chi connectivity index (χ1v) is 9.18. The molecule has 1 N–H and O–H groups in total. The standard InChI is InChI=1S/C21H23FN2O4/c1-27-18-8-4-5-9-19(18)28-14-21(26)24(15-10-11-15)13-12-20(25)23-17-7-3-2-6-16(17)22/h2-9,15H,10-14H2,1H3,(H,23,25). The van der Waals surface area contributed by atoms with Gasteiger partial charge < -0.3 is 19.7 Å². The minimum Gasteiger partial charge on any atom is -0.493 e. The molecule has 0 unspecified atom stereocenters. The maximum absolute atomic E-state index is 13.6. The highest BCUT2D eigenvalue weighted by Crippen LogP contribution is 2.29. The molecule has 1 fully saturated rings. The Morgan fingerprint density at radius 2 is 1.79 bits per heavy atom. The van der Waals surface area contributed by atoms with Crippen LogP contribution < -0.4 is 14.8 Å². The number of benzene rings is 2. The molecule has 0 bridgehead atoms. The van der Waals surface area contributed by atoms with Gasteiger partial charge in [0.15, 0.2) is 18.1 Å². The molecule has 1 aliphatic carbocycles. The van der Waals surface area contributed by atoms with Crippen LogP contribution in [0.3, 0.4) is 0 Å². The molecule has 28 heavy (non-hydrogen) atoms. The smallest absolute Gasteiger partial charge is 0.260 e. The van der Waals surface area contributed by atoms with Gasteiger partial charge in [-0.2, -0.15) is 0 Å². The fraction of sp³-hybridized carbons (Fsp3) is 0.333. The van der Waals surface area contributed by atoms with Crippen molar-refractivity contribution >= 4 is 17.5 Å². The second kappa shape index (κ2) is 9.21. The van der Waals surface area contributed by atoms with E-state index in [2.05, 4.69) is 5.32 Å². The Bertz CT molecular complexity index is 839. The number of hydrogen-bond donors (Lipinski definition) is 1. The number of carbonyl (C=O) groups excluding carboxylic acids is 2. The topological polar surface area (TPSA) is 67.9 Å². The predicted octanol–water partition coefficient (Wildman–Crippen LogP) is 3.23. The zero-order valence-corrected chi connectivity index (χ0v) is 15.7. The quantitative estimate of drug-likeness (QED) is 0.719. The van der Waals surface area contributed by atoms with Gasteiger partial charge in [-0.25, -0.2) is 4.39 Å². The third-order valence-electron chi connectivity index (χ3n) is 4.46. The average molecular weight is 386 g/mol. The number of hydrogen-bond acceptors (Lipinski definition) is 4. The summed E-state index contributed by atoms with van der Waals surface area (Å²) >= 11 is 0. The van der Waals surface area contributed by atoms with Crippen molar-refractivity contribution in [2.45, 2.75) is 25.3 Å². The lowest BCUT2D eigenvalue weighted by molar-refractivity contribution is -0.134. The number of para-hydroxylation sites is 3. The maximum Gasteiger partial charge on any atom is 0.260 e. The van der Waals surface area contributed by atoms with Crippen LogP contribution in [0, 0.1) is 5.82 Å². The fourth-order valence-electron chi connectivity index (χ4n) is 2.85. The second-order valence-electron chi connectivity index (χ2n) is 6.54. The molecule has 0 radical (unpaired) electrons. The van der Waals surface area contributed by atoms with Crippen LogP contribution in [-0.4, -0.2) is 43.0 Å². The number of rotatable bonds is 9. The summed E-state index contributed by atoms with van der Waals surface area (Å²) in [4.78, 5) is 26.4. The molecule has 0 heterocycles. The van der Waals surface area contributed by atoms with Crippen molar-refractivity contribution in [3.8, 4) is 11.5 Å². The van der Waals surface area contributed by atoms with Crippen molar-refractivity contribution in [2.75, 3.05) is 25.6 Å². The Labute approximate surface area is 163 Å². The van der Waals surface area contributed by atoms with E-state index in [0.29, 0.717) is 11.5 Å². The molecule has 0 saturated heterocycles. The molecule has 2 aromatic carbocycles. The first kappa shape index (κ1) is 19.7. The summed E-state index contributed by atoms with van der Waals surface area (Å²) in [5.41, 5.74) is 0.135. The van der Waals surface area contributed by atoms with E-state index >= 15 is 0 Å². The van der Waals surface area contributed by atoms with Crippen LogP contribution in [0.25, 0.3) is 0 Å². The van der Waals surface area contributed by atoms with Gasteiger partial charge in [0.1, 0.15) is 5.82 Å². The van der Waals surface area contributed by atoms with Gasteiger partial charge in [-0.1, -0.05) is 24.3 Å². The van der Waals surface area contributed by atoms with Crippen LogP contribution >= 0.6 is 0 Å². The van der Waals surface area contributed by atoms with Gasteiger partial charge in [-0.05, 0) is 37.1 Å². The number of methoxy groups -OCH3 is 1. The van der Waals surface area contributed by atoms with E-state index in [1.807, 2.05) is 6.07 Å². The number of amides is 2. The van der Waals surface area contributed by atoms with Gasteiger partial charge in [0, 0.05) is 19.0 Å². The van der Waals surface area contributed by atoms with Crippen molar-refractivity contribution < 1.29 is 23.5 Å². The number of halogens is 1. The van der Waals surface area contributed by atoms with Crippen LogP contribution in [0.4, 0.5) is 10.1 Å². The molecule has 1 aliphatic rings. The maximum atomic E-state index is 13.6. The molecule has 0 aliphatic heterocycles. The largest absolute Gasteiger partial charge is 0.493 e. The highest BCUT2D eigenvalue weighted by atomic mass is 19.1. The average Bonchev–Trinajstić information content (AvgIpc) is 3.53. The Morgan fingerprint density at radius 1 is 1.11 bits per heavy atom. The molecule has 0 atom stereocenters. The third kappa shape index (κ3) is 5.22. The van der Waals surface area contributed by atoms with Crippen molar-refractivity contribution in [1.82, 2.24) is 4.90 Å². The number of anilines is 1. The number of nitrogens with zero attached hydrogens (tertiary/aromatic N) is 1. The molecule has 2 amide bonds. The lowest BCUT2D eigenvalue weighted by Gasteiger charge is -2.22. The second-order valence-corrected chi connectivity index (χ2v) is 6.54. The van der Waals surface area contributed by atoms with Gasteiger partial charge in [0.25, 0.3) is 5.91 Å². The third-order valence-corrected chi connectivity index (χ3v) is 4.46. The van der Waals surface area contributed by atoms with Crippen molar-refractivity contribution in [3.63, 3.8) is 0 Å². The molecule has 3 rings (SSSR count). The summed E-state index contributed by atoms with van der Waals surface area (Å²) in [6.07, 6.45) is 1.91. The van der Waals surface area contributed by atoms with Gasteiger partial charge in [-0.15, -0.1) is 0 Å². The van der Waals surface area contributed by atoms with Gasteiger partial charge >= 0.3 is 0 Å². The van der Waals surface area contributed by atoms with Crippen molar-refractivity contribution in [2.24, 2.45) is 0 Å². The van der Waals surface area contributed by atoms with Crippen LogP contribution in [0.1, 0.15) is 19.3 Å². The normalized spacial score (nSPS) is 12.9. The van der Waals surface area contributed by atoms with Crippen molar-refractivity contribution in [1.29, 1.82) is 0 Å². The first-order valence-electron chi connectivity index (χ1n) is 9.18. The van der Waals surface area contributed by atoms with Crippen LogP contribution in [-0.2, 0) is 9.59 Å². The molecule has 1 saturated carbocycles. The first-order chi connectivity index (χ1) is 13.6. The molecule has 148 valence electrons. The van der Waals surface area contributed by atoms with E-state index in [9.17, 15) is 14.0 Å². The Kier molecular flexibility index (Phi) is 6.47. The zero-order valence-electron chi connectivity index (χ0n) is 15.7. The summed E-state index contributed by atoms with van der Waals surface area (Å²) in [6, 6.07) is 13.2. The van der Waals surface area contributed by atoms with E-state index in [0.717, 1.165) is 12.8 Å². The number of carbonyl (C=O) groups is 2. The van der Waals surface area contributed by atoms with Gasteiger partial charge in [0.2, 0.25) is 5.91 Å². The van der Waals surface area contributed by atoms with Crippen LogP contribution in [0.5, 0.6) is 11.5 Å². The minimum atomic E-state index is -0.490.